The molecule has 0 amide bonds. The van der Waals surface area contributed by atoms with Gasteiger partial charge in [-0.05, 0) is 24.6 Å². The normalized spacial score (nSPS) is 11.2. The summed E-state index contributed by atoms with van der Waals surface area (Å²) >= 11 is 0. The van der Waals surface area contributed by atoms with Gasteiger partial charge in [0.05, 0.1) is 12.7 Å². The van der Waals surface area contributed by atoms with Crippen LogP contribution < -0.4 is 9.88 Å². The number of rotatable bonds is 3. The van der Waals surface area contributed by atoms with Gasteiger partial charge in [-0.1, -0.05) is 0 Å². The van der Waals surface area contributed by atoms with Crippen LogP contribution in [0.3, 0.4) is 0 Å². The minimum Gasteiger partial charge on any atom is -0.495 e. The van der Waals surface area contributed by atoms with Crippen LogP contribution in [-0.2, 0) is 10.0 Å². The predicted molar refractivity (Wildman–Crippen MR) is 56.1 cm³/mol. The molecule has 0 aromatic heterocycles. The second-order valence-electron chi connectivity index (χ2n) is 3.17. The molecular weight excluding hydrogens is 234 g/mol. The van der Waals surface area contributed by atoms with E-state index in [1.807, 2.05) is 0 Å². The maximum Gasteiger partial charge on any atom is 0.336 e. The zero-order valence-corrected chi connectivity index (χ0v) is 9.54. The molecule has 1 aromatic carbocycles. The van der Waals surface area contributed by atoms with Gasteiger partial charge in [0.2, 0.25) is 10.0 Å². The highest BCUT2D eigenvalue weighted by Crippen LogP contribution is 2.26. The van der Waals surface area contributed by atoms with E-state index in [9.17, 15) is 13.2 Å². The fraction of sp³-hybridized carbons (Fsp3) is 0.222. The van der Waals surface area contributed by atoms with Gasteiger partial charge in [0.1, 0.15) is 10.6 Å². The number of hydrogen-bond donors (Lipinski definition) is 2. The number of ether oxygens (including phenoxy) is 1. The van der Waals surface area contributed by atoms with Gasteiger partial charge in [-0.25, -0.2) is 18.4 Å². The maximum absolute atomic E-state index is 11.2. The Hall–Kier alpha value is -1.60. The van der Waals surface area contributed by atoms with Gasteiger partial charge >= 0.3 is 5.97 Å². The third kappa shape index (κ3) is 2.31. The van der Waals surface area contributed by atoms with Crippen LogP contribution in [0.5, 0.6) is 5.75 Å². The second kappa shape index (κ2) is 4.11. The van der Waals surface area contributed by atoms with E-state index >= 15 is 0 Å². The van der Waals surface area contributed by atoms with Gasteiger partial charge in [-0.2, -0.15) is 0 Å². The van der Waals surface area contributed by atoms with E-state index in [0.717, 1.165) is 6.07 Å². The van der Waals surface area contributed by atoms with Crippen LogP contribution >= 0.6 is 0 Å². The van der Waals surface area contributed by atoms with E-state index in [1.165, 1.54) is 13.2 Å². The number of carbonyl (C=O) groups is 1. The molecule has 0 spiro atoms. The first-order valence-corrected chi connectivity index (χ1v) is 5.76. The number of nitrogens with two attached hydrogens (primary N) is 1. The van der Waals surface area contributed by atoms with Crippen molar-refractivity contribution in [1.29, 1.82) is 0 Å². The Morgan fingerprint density at radius 3 is 2.38 bits per heavy atom. The van der Waals surface area contributed by atoms with Gasteiger partial charge in [0, 0.05) is 0 Å². The van der Waals surface area contributed by atoms with Crippen molar-refractivity contribution in [3.8, 4) is 5.75 Å². The summed E-state index contributed by atoms with van der Waals surface area (Å²) in [6.45, 7) is 1.54. The number of carboxylic acid groups (broad SMARTS) is 1. The molecule has 7 heteroatoms. The van der Waals surface area contributed by atoms with E-state index in [1.54, 1.807) is 6.92 Å². The number of methoxy groups -OCH3 is 1. The number of primary sulfonamides is 1. The first-order chi connectivity index (χ1) is 7.27. The zero-order valence-electron chi connectivity index (χ0n) is 8.72. The number of benzene rings is 1. The minimum absolute atomic E-state index is 0.0324. The van der Waals surface area contributed by atoms with Gasteiger partial charge in [-0.3, -0.25) is 0 Å². The summed E-state index contributed by atoms with van der Waals surface area (Å²) in [7, 11) is -2.73. The van der Waals surface area contributed by atoms with Crippen molar-refractivity contribution >= 4 is 16.0 Å². The third-order valence-corrected chi connectivity index (χ3v) is 2.98. The Morgan fingerprint density at radius 2 is 2.00 bits per heavy atom. The molecule has 0 saturated heterocycles. The van der Waals surface area contributed by atoms with E-state index in [2.05, 4.69) is 0 Å². The van der Waals surface area contributed by atoms with Crippen molar-refractivity contribution in [2.75, 3.05) is 7.11 Å². The number of hydrogen-bond acceptors (Lipinski definition) is 4. The minimum atomic E-state index is -4.01. The average Bonchev–Trinajstić information content (AvgIpc) is 2.14. The van der Waals surface area contributed by atoms with Crippen molar-refractivity contribution in [3.05, 3.63) is 23.3 Å². The molecule has 88 valence electrons. The van der Waals surface area contributed by atoms with E-state index < -0.39 is 16.0 Å². The molecule has 0 aliphatic carbocycles. The molecule has 0 heterocycles. The Bertz CT molecular complexity index is 535. The van der Waals surface area contributed by atoms with Crippen LogP contribution in [0.25, 0.3) is 0 Å². The van der Waals surface area contributed by atoms with Crippen molar-refractivity contribution < 1.29 is 23.1 Å². The molecule has 0 atom stereocenters. The van der Waals surface area contributed by atoms with Crippen LogP contribution in [-0.4, -0.2) is 26.6 Å². The molecule has 1 aromatic rings. The SMILES string of the molecule is COc1cc(C)c(C(=O)O)cc1S(N)(=O)=O. The second-order valence-corrected chi connectivity index (χ2v) is 4.70. The molecule has 0 fully saturated rings. The summed E-state index contributed by atoms with van der Waals surface area (Å²) in [4.78, 5) is 10.5. The lowest BCUT2D eigenvalue weighted by Gasteiger charge is -2.09. The van der Waals surface area contributed by atoms with Gasteiger partial charge in [0.15, 0.2) is 0 Å². The molecule has 0 bridgehead atoms. The molecule has 0 saturated carbocycles. The van der Waals surface area contributed by atoms with Crippen LogP contribution in [0.15, 0.2) is 17.0 Å². The molecule has 0 radical (unpaired) electrons. The van der Waals surface area contributed by atoms with Crippen LogP contribution in [0, 0.1) is 6.92 Å². The van der Waals surface area contributed by atoms with Gasteiger partial charge in [-0.15, -0.1) is 0 Å². The lowest BCUT2D eigenvalue weighted by molar-refractivity contribution is 0.0696. The molecule has 1 rings (SSSR count). The number of sulfonamides is 1. The molecule has 3 N–H and O–H groups in total. The fourth-order valence-corrected chi connectivity index (χ4v) is 1.98. The summed E-state index contributed by atoms with van der Waals surface area (Å²) in [5, 5.41) is 13.8. The zero-order chi connectivity index (χ0) is 12.5. The fourth-order valence-electron chi connectivity index (χ4n) is 1.27. The Morgan fingerprint density at radius 1 is 1.44 bits per heavy atom. The van der Waals surface area contributed by atoms with Crippen molar-refractivity contribution in [3.63, 3.8) is 0 Å². The predicted octanol–water partition coefficient (Wildman–Crippen LogP) is 0.349. The summed E-state index contributed by atoms with van der Waals surface area (Å²) in [5.74, 6) is -1.19. The molecule has 6 nitrogen and oxygen atoms in total. The average molecular weight is 245 g/mol. The van der Waals surface area contributed by atoms with Crippen LogP contribution in [0.1, 0.15) is 15.9 Å². The summed E-state index contributed by atoms with van der Waals surface area (Å²) in [6.07, 6.45) is 0. The first-order valence-electron chi connectivity index (χ1n) is 4.22. The van der Waals surface area contributed by atoms with E-state index in [-0.39, 0.29) is 16.2 Å². The Kier molecular flexibility index (Phi) is 3.20. The van der Waals surface area contributed by atoms with Crippen molar-refractivity contribution in [1.82, 2.24) is 0 Å². The number of aryl methyl sites for hydroxylation is 1. The van der Waals surface area contributed by atoms with E-state index in [4.69, 9.17) is 15.0 Å². The monoisotopic (exact) mass is 245 g/mol. The van der Waals surface area contributed by atoms with Crippen molar-refractivity contribution in [2.45, 2.75) is 11.8 Å². The Balaban J connectivity index is 3.60. The highest BCUT2D eigenvalue weighted by atomic mass is 32.2. The highest BCUT2D eigenvalue weighted by molar-refractivity contribution is 7.89. The van der Waals surface area contributed by atoms with Crippen LogP contribution in [0.4, 0.5) is 0 Å². The lowest BCUT2D eigenvalue weighted by atomic mass is 10.1. The summed E-state index contributed by atoms with van der Waals surface area (Å²) in [5.41, 5.74) is 0.279. The van der Waals surface area contributed by atoms with Crippen LogP contribution in [0.2, 0.25) is 0 Å². The summed E-state index contributed by atoms with van der Waals surface area (Å²) < 4.78 is 27.2. The quantitative estimate of drug-likeness (QED) is 0.799. The van der Waals surface area contributed by atoms with Crippen molar-refractivity contribution in [2.24, 2.45) is 5.14 Å². The topological polar surface area (TPSA) is 107 Å². The molecule has 0 aliphatic rings. The molecule has 0 aliphatic heterocycles. The smallest absolute Gasteiger partial charge is 0.336 e. The molecule has 0 unspecified atom stereocenters. The van der Waals surface area contributed by atoms with Gasteiger partial charge < -0.3 is 9.84 Å². The summed E-state index contributed by atoms with van der Waals surface area (Å²) in [6, 6.07) is 2.31. The molecule has 16 heavy (non-hydrogen) atoms. The van der Waals surface area contributed by atoms with Gasteiger partial charge in [0.25, 0.3) is 0 Å². The largest absolute Gasteiger partial charge is 0.495 e. The number of carboxylic acids is 1. The third-order valence-electron chi connectivity index (χ3n) is 2.05. The maximum atomic E-state index is 11.2. The number of aromatic carboxylic acids is 1. The molecular formula is C9H11NO5S. The highest BCUT2D eigenvalue weighted by Gasteiger charge is 2.19. The lowest BCUT2D eigenvalue weighted by Crippen LogP contribution is -2.15. The Labute approximate surface area is 92.7 Å². The first kappa shape index (κ1) is 12.5. The standard InChI is InChI=1S/C9H11NO5S/c1-5-3-7(15-2)8(16(10,13)14)4-6(5)9(11)12/h3-4H,1-2H3,(H,11,12)(H2,10,13,14). The van der Waals surface area contributed by atoms with E-state index in [0.29, 0.717) is 5.56 Å².